The highest BCUT2D eigenvalue weighted by atomic mass is 79.9. The van der Waals surface area contributed by atoms with E-state index in [1.165, 1.54) is 18.2 Å². The van der Waals surface area contributed by atoms with Crippen LogP contribution in [-0.2, 0) is 14.8 Å². The van der Waals surface area contributed by atoms with Crippen LogP contribution < -0.4 is 4.72 Å². The van der Waals surface area contributed by atoms with Gasteiger partial charge in [0.25, 0.3) is 5.69 Å². The molecule has 0 amide bonds. The van der Waals surface area contributed by atoms with Crippen molar-refractivity contribution in [2.45, 2.75) is 17.7 Å². The Morgan fingerprint density at radius 2 is 2.05 bits per heavy atom. The van der Waals surface area contributed by atoms with Gasteiger partial charge in [0.1, 0.15) is 0 Å². The van der Waals surface area contributed by atoms with E-state index in [2.05, 4.69) is 20.7 Å². The van der Waals surface area contributed by atoms with Crippen LogP contribution in [0.4, 0.5) is 5.69 Å². The number of ether oxygens (including phenoxy) is 1. The maximum absolute atomic E-state index is 12.3. The van der Waals surface area contributed by atoms with Gasteiger partial charge in [0.05, 0.1) is 4.92 Å². The summed E-state index contributed by atoms with van der Waals surface area (Å²) in [4.78, 5) is 9.94. The molecule has 2 rings (SSSR count). The molecule has 0 unspecified atom stereocenters. The van der Waals surface area contributed by atoms with Crippen LogP contribution in [0.3, 0.4) is 0 Å². The molecule has 1 N–H and O–H groups in total. The number of nitro benzene ring substituents is 1. The van der Waals surface area contributed by atoms with Crippen molar-refractivity contribution in [3.8, 4) is 0 Å². The molecule has 9 heteroatoms. The summed E-state index contributed by atoms with van der Waals surface area (Å²) in [5.74, 6) is 0.194. The SMILES string of the molecule is O=[N+]([O-])c1ccc(Br)cc1S(=O)(=O)NCC1CCOCC1. The highest BCUT2D eigenvalue weighted by Gasteiger charge is 2.27. The number of hydrogen-bond donors (Lipinski definition) is 1. The van der Waals surface area contributed by atoms with Gasteiger partial charge >= 0.3 is 0 Å². The minimum Gasteiger partial charge on any atom is -0.381 e. The Balaban J connectivity index is 2.18. The largest absolute Gasteiger partial charge is 0.381 e. The third-order valence-electron chi connectivity index (χ3n) is 3.31. The average Bonchev–Trinajstić information content (AvgIpc) is 2.46. The maximum atomic E-state index is 12.3. The predicted octanol–water partition coefficient (Wildman–Crippen LogP) is 2.06. The summed E-state index contributed by atoms with van der Waals surface area (Å²) < 4.78 is 32.7. The van der Waals surface area contributed by atoms with E-state index in [9.17, 15) is 18.5 Å². The van der Waals surface area contributed by atoms with Crippen LogP contribution >= 0.6 is 15.9 Å². The second-order valence-corrected chi connectivity index (χ2v) is 7.43. The van der Waals surface area contributed by atoms with Crippen LogP contribution in [0.2, 0.25) is 0 Å². The molecule has 0 radical (unpaired) electrons. The second kappa shape index (κ2) is 6.82. The molecular weight excluding hydrogens is 364 g/mol. The molecule has 0 aliphatic carbocycles. The van der Waals surface area contributed by atoms with Crippen molar-refractivity contribution in [3.63, 3.8) is 0 Å². The topological polar surface area (TPSA) is 98.5 Å². The first-order valence-electron chi connectivity index (χ1n) is 6.41. The van der Waals surface area contributed by atoms with Gasteiger partial charge in [-0.3, -0.25) is 10.1 Å². The highest BCUT2D eigenvalue weighted by molar-refractivity contribution is 9.10. The fraction of sp³-hybridized carbons (Fsp3) is 0.500. The number of hydrogen-bond acceptors (Lipinski definition) is 5. The van der Waals surface area contributed by atoms with E-state index in [0.717, 1.165) is 12.8 Å². The van der Waals surface area contributed by atoms with Crippen LogP contribution in [0.25, 0.3) is 0 Å². The Hall–Kier alpha value is -1.03. The Morgan fingerprint density at radius 1 is 1.38 bits per heavy atom. The molecule has 1 aromatic rings. The molecule has 116 valence electrons. The van der Waals surface area contributed by atoms with Gasteiger partial charge in [-0.1, -0.05) is 15.9 Å². The van der Waals surface area contributed by atoms with Crippen molar-refractivity contribution in [2.75, 3.05) is 19.8 Å². The van der Waals surface area contributed by atoms with E-state index >= 15 is 0 Å². The van der Waals surface area contributed by atoms with Gasteiger partial charge in [-0.05, 0) is 30.9 Å². The number of sulfonamides is 1. The second-order valence-electron chi connectivity index (χ2n) is 4.78. The molecule has 0 atom stereocenters. The number of nitrogens with one attached hydrogen (secondary N) is 1. The fourth-order valence-electron chi connectivity index (χ4n) is 2.11. The standard InChI is InChI=1S/C12H15BrN2O5S/c13-10-1-2-11(15(16)17)12(7-10)21(18,19)14-8-9-3-5-20-6-4-9/h1-2,7,9,14H,3-6,8H2. The third-order valence-corrected chi connectivity index (χ3v) is 5.26. The number of rotatable bonds is 5. The van der Waals surface area contributed by atoms with Crippen LogP contribution in [0.15, 0.2) is 27.6 Å². The van der Waals surface area contributed by atoms with Crippen LogP contribution in [0, 0.1) is 16.0 Å². The lowest BCUT2D eigenvalue weighted by molar-refractivity contribution is -0.387. The molecule has 1 aliphatic rings. The quantitative estimate of drug-likeness (QED) is 0.624. The van der Waals surface area contributed by atoms with Crippen molar-refractivity contribution < 1.29 is 18.1 Å². The van der Waals surface area contributed by atoms with E-state index < -0.39 is 20.6 Å². The Bertz CT molecular complexity index is 629. The van der Waals surface area contributed by atoms with Gasteiger partial charge in [0.15, 0.2) is 4.90 Å². The number of halogens is 1. The van der Waals surface area contributed by atoms with Gasteiger partial charge in [-0.2, -0.15) is 0 Å². The Kier molecular flexibility index (Phi) is 5.31. The van der Waals surface area contributed by atoms with Crippen molar-refractivity contribution >= 4 is 31.6 Å². The number of benzene rings is 1. The molecule has 1 aromatic carbocycles. The summed E-state index contributed by atoms with van der Waals surface area (Å²) in [5.41, 5.74) is -0.433. The zero-order valence-electron chi connectivity index (χ0n) is 11.1. The van der Waals surface area contributed by atoms with Crippen molar-refractivity contribution in [3.05, 3.63) is 32.8 Å². The zero-order chi connectivity index (χ0) is 15.5. The third kappa shape index (κ3) is 4.22. The lowest BCUT2D eigenvalue weighted by atomic mass is 10.0. The van der Waals surface area contributed by atoms with E-state index in [1.54, 1.807) is 0 Å². The molecule has 0 aromatic heterocycles. The first-order chi connectivity index (χ1) is 9.90. The molecule has 1 saturated heterocycles. The smallest absolute Gasteiger partial charge is 0.289 e. The summed E-state index contributed by atoms with van der Waals surface area (Å²) >= 11 is 3.13. The van der Waals surface area contributed by atoms with Gasteiger partial charge in [-0.25, -0.2) is 13.1 Å². The van der Waals surface area contributed by atoms with E-state index in [0.29, 0.717) is 17.7 Å². The minimum atomic E-state index is -3.92. The first-order valence-corrected chi connectivity index (χ1v) is 8.69. The molecular formula is C12H15BrN2O5S. The zero-order valence-corrected chi connectivity index (χ0v) is 13.5. The highest BCUT2D eigenvalue weighted by Crippen LogP contribution is 2.27. The molecule has 0 bridgehead atoms. The normalized spacial score (nSPS) is 16.8. The summed E-state index contributed by atoms with van der Waals surface area (Å²) in [6.45, 7) is 1.49. The van der Waals surface area contributed by atoms with Crippen molar-refractivity contribution in [1.29, 1.82) is 0 Å². The summed E-state index contributed by atoms with van der Waals surface area (Å²) in [5, 5.41) is 11.0. The van der Waals surface area contributed by atoms with Gasteiger partial charge in [0.2, 0.25) is 10.0 Å². The van der Waals surface area contributed by atoms with Crippen LogP contribution in [0.5, 0.6) is 0 Å². The van der Waals surface area contributed by atoms with Gasteiger partial charge in [-0.15, -0.1) is 0 Å². The van der Waals surface area contributed by atoms with Crippen LogP contribution in [-0.4, -0.2) is 33.1 Å². The van der Waals surface area contributed by atoms with E-state index in [4.69, 9.17) is 4.74 Å². The van der Waals surface area contributed by atoms with Crippen molar-refractivity contribution in [2.24, 2.45) is 5.92 Å². The molecule has 7 nitrogen and oxygen atoms in total. The monoisotopic (exact) mass is 378 g/mol. The summed E-state index contributed by atoms with van der Waals surface area (Å²) in [7, 11) is -3.92. The molecule has 1 fully saturated rings. The molecule has 0 spiro atoms. The Morgan fingerprint density at radius 3 is 2.67 bits per heavy atom. The Labute approximate surface area is 131 Å². The summed E-state index contributed by atoms with van der Waals surface area (Å²) in [6, 6.07) is 3.85. The van der Waals surface area contributed by atoms with Gasteiger partial charge < -0.3 is 4.74 Å². The lowest BCUT2D eigenvalue weighted by Crippen LogP contribution is -2.32. The van der Waals surface area contributed by atoms with Crippen molar-refractivity contribution in [1.82, 2.24) is 4.72 Å². The summed E-state index contributed by atoms with van der Waals surface area (Å²) in [6.07, 6.45) is 1.56. The molecule has 0 saturated carbocycles. The predicted molar refractivity (Wildman–Crippen MR) is 79.5 cm³/mol. The molecule has 1 heterocycles. The lowest BCUT2D eigenvalue weighted by Gasteiger charge is -2.22. The first kappa shape index (κ1) is 16.3. The van der Waals surface area contributed by atoms with E-state index in [1.807, 2.05) is 0 Å². The van der Waals surface area contributed by atoms with Gasteiger partial charge in [0, 0.05) is 30.3 Å². The van der Waals surface area contributed by atoms with E-state index in [-0.39, 0.29) is 17.4 Å². The number of nitro groups is 1. The minimum absolute atomic E-state index is 0.194. The fourth-order valence-corrected chi connectivity index (χ4v) is 3.93. The molecule has 1 aliphatic heterocycles. The average molecular weight is 379 g/mol. The molecule has 21 heavy (non-hydrogen) atoms. The van der Waals surface area contributed by atoms with Crippen LogP contribution in [0.1, 0.15) is 12.8 Å². The maximum Gasteiger partial charge on any atom is 0.289 e. The number of nitrogens with zero attached hydrogens (tertiary/aromatic N) is 1.